The van der Waals surface area contributed by atoms with Crippen LogP contribution in [-0.2, 0) is 17.9 Å². The van der Waals surface area contributed by atoms with Crippen LogP contribution in [0.3, 0.4) is 0 Å². The zero-order valence-corrected chi connectivity index (χ0v) is 20.4. The molecule has 2 aromatic rings. The minimum absolute atomic E-state index is 0. The van der Waals surface area contributed by atoms with Gasteiger partial charge in [0, 0.05) is 26.2 Å². The van der Waals surface area contributed by atoms with Gasteiger partial charge >= 0.3 is 0 Å². The van der Waals surface area contributed by atoms with Gasteiger partial charge in [-0.1, -0.05) is 42.5 Å². The highest BCUT2D eigenvalue weighted by Crippen LogP contribution is 2.16. The number of aliphatic imine (C=N–C) groups is 1. The van der Waals surface area contributed by atoms with Crippen molar-refractivity contribution < 1.29 is 9.47 Å². The van der Waals surface area contributed by atoms with Gasteiger partial charge in [-0.3, -0.25) is 0 Å². The SMILES string of the molecule is CCNC(=NCc1ccc(OCc2ccccc2)cc1)N1CCC(OCC)CC1.I. The van der Waals surface area contributed by atoms with Crippen LogP contribution in [-0.4, -0.2) is 43.2 Å². The Bertz CT molecular complexity index is 745. The summed E-state index contributed by atoms with van der Waals surface area (Å²) in [5, 5.41) is 3.43. The van der Waals surface area contributed by atoms with E-state index in [4.69, 9.17) is 14.5 Å². The predicted octanol–water partition coefficient (Wildman–Crippen LogP) is 4.85. The molecule has 3 rings (SSSR count). The van der Waals surface area contributed by atoms with Crippen molar-refractivity contribution in [3.63, 3.8) is 0 Å². The molecular weight excluding hydrogens is 489 g/mol. The Morgan fingerprint density at radius 2 is 1.70 bits per heavy atom. The number of nitrogens with zero attached hydrogens (tertiary/aromatic N) is 2. The molecule has 0 atom stereocenters. The number of ether oxygens (including phenoxy) is 2. The molecule has 0 bridgehead atoms. The van der Waals surface area contributed by atoms with Gasteiger partial charge in [0.15, 0.2) is 5.96 Å². The van der Waals surface area contributed by atoms with E-state index in [-0.39, 0.29) is 24.0 Å². The molecule has 1 N–H and O–H groups in total. The molecule has 6 heteroatoms. The molecule has 1 heterocycles. The van der Waals surface area contributed by atoms with E-state index < -0.39 is 0 Å². The standard InChI is InChI=1S/C24H33N3O2.HI/c1-3-25-24(27-16-14-23(15-17-27)28-4-2)26-18-20-10-12-22(13-11-20)29-19-21-8-6-5-7-9-21;/h5-13,23H,3-4,14-19H2,1-2H3,(H,25,26);1H. The third kappa shape index (κ3) is 7.80. The van der Waals surface area contributed by atoms with Gasteiger partial charge in [-0.2, -0.15) is 0 Å². The number of guanidine groups is 1. The summed E-state index contributed by atoms with van der Waals surface area (Å²) in [5.41, 5.74) is 2.35. The molecule has 164 valence electrons. The van der Waals surface area contributed by atoms with Crippen molar-refractivity contribution in [1.29, 1.82) is 0 Å². The lowest BCUT2D eigenvalue weighted by atomic mass is 10.1. The van der Waals surface area contributed by atoms with Crippen LogP contribution in [0.1, 0.15) is 37.8 Å². The zero-order chi connectivity index (χ0) is 20.3. The molecule has 0 unspecified atom stereocenters. The van der Waals surface area contributed by atoms with Crippen LogP contribution in [0.5, 0.6) is 5.75 Å². The third-order valence-corrected chi connectivity index (χ3v) is 5.06. The Labute approximate surface area is 197 Å². The molecule has 0 saturated carbocycles. The Morgan fingerprint density at radius 3 is 2.33 bits per heavy atom. The van der Waals surface area contributed by atoms with Crippen LogP contribution in [0.25, 0.3) is 0 Å². The summed E-state index contributed by atoms with van der Waals surface area (Å²) in [6.45, 7) is 9.07. The van der Waals surface area contributed by atoms with Gasteiger partial charge in [-0.25, -0.2) is 4.99 Å². The highest BCUT2D eigenvalue weighted by Gasteiger charge is 2.21. The molecule has 1 aliphatic rings. The van der Waals surface area contributed by atoms with Crippen LogP contribution in [0.4, 0.5) is 0 Å². The third-order valence-electron chi connectivity index (χ3n) is 5.06. The highest BCUT2D eigenvalue weighted by atomic mass is 127. The molecule has 0 aliphatic carbocycles. The maximum Gasteiger partial charge on any atom is 0.194 e. The van der Waals surface area contributed by atoms with Crippen molar-refractivity contribution in [2.45, 2.75) is 45.9 Å². The van der Waals surface area contributed by atoms with E-state index in [0.29, 0.717) is 19.3 Å². The van der Waals surface area contributed by atoms with Gasteiger partial charge in [0.2, 0.25) is 0 Å². The lowest BCUT2D eigenvalue weighted by molar-refractivity contribution is 0.0263. The van der Waals surface area contributed by atoms with E-state index in [1.165, 1.54) is 11.1 Å². The molecule has 1 aliphatic heterocycles. The Balaban J connectivity index is 0.00000320. The molecule has 0 amide bonds. The first-order valence-corrected chi connectivity index (χ1v) is 10.7. The normalized spacial score (nSPS) is 14.9. The molecule has 1 saturated heterocycles. The van der Waals surface area contributed by atoms with Crippen molar-refractivity contribution in [2.75, 3.05) is 26.2 Å². The van der Waals surface area contributed by atoms with Crippen molar-refractivity contribution >= 4 is 29.9 Å². The number of likely N-dealkylation sites (tertiary alicyclic amines) is 1. The monoisotopic (exact) mass is 523 g/mol. The summed E-state index contributed by atoms with van der Waals surface area (Å²) in [6, 6.07) is 18.4. The number of rotatable bonds is 8. The average molecular weight is 523 g/mol. The van der Waals surface area contributed by atoms with E-state index in [0.717, 1.165) is 50.8 Å². The van der Waals surface area contributed by atoms with E-state index >= 15 is 0 Å². The van der Waals surface area contributed by atoms with Crippen LogP contribution in [0.2, 0.25) is 0 Å². The fourth-order valence-corrected chi connectivity index (χ4v) is 3.49. The van der Waals surface area contributed by atoms with E-state index in [1.807, 2.05) is 30.3 Å². The molecule has 2 aromatic carbocycles. The summed E-state index contributed by atoms with van der Waals surface area (Å²) < 4.78 is 11.6. The van der Waals surface area contributed by atoms with Gasteiger partial charge in [0.05, 0.1) is 12.6 Å². The van der Waals surface area contributed by atoms with Crippen molar-refractivity contribution in [2.24, 2.45) is 4.99 Å². The van der Waals surface area contributed by atoms with Crippen molar-refractivity contribution in [3.05, 3.63) is 65.7 Å². The molecule has 1 fully saturated rings. The molecule has 0 radical (unpaired) electrons. The van der Waals surface area contributed by atoms with Gasteiger partial charge < -0.3 is 19.7 Å². The highest BCUT2D eigenvalue weighted by molar-refractivity contribution is 14.0. The molecule has 0 aromatic heterocycles. The maximum atomic E-state index is 5.87. The quantitative estimate of drug-likeness (QED) is 0.305. The van der Waals surface area contributed by atoms with Gasteiger partial charge in [-0.15, -0.1) is 24.0 Å². The first kappa shape index (κ1) is 24.5. The van der Waals surface area contributed by atoms with E-state index in [2.05, 4.69) is 48.3 Å². The first-order valence-electron chi connectivity index (χ1n) is 10.7. The lowest BCUT2D eigenvalue weighted by Crippen LogP contribution is -2.47. The minimum atomic E-state index is 0. The summed E-state index contributed by atoms with van der Waals surface area (Å²) >= 11 is 0. The summed E-state index contributed by atoms with van der Waals surface area (Å²) in [6.07, 6.45) is 2.51. The lowest BCUT2D eigenvalue weighted by Gasteiger charge is -2.34. The summed E-state index contributed by atoms with van der Waals surface area (Å²) in [5.74, 6) is 1.87. The van der Waals surface area contributed by atoms with Gasteiger partial charge in [0.25, 0.3) is 0 Å². The van der Waals surface area contributed by atoms with Crippen LogP contribution in [0, 0.1) is 0 Å². The van der Waals surface area contributed by atoms with E-state index in [9.17, 15) is 0 Å². The largest absolute Gasteiger partial charge is 0.489 e. The van der Waals surface area contributed by atoms with E-state index in [1.54, 1.807) is 0 Å². The number of hydrogen-bond donors (Lipinski definition) is 1. The zero-order valence-electron chi connectivity index (χ0n) is 18.0. The maximum absolute atomic E-state index is 5.87. The van der Waals surface area contributed by atoms with Crippen LogP contribution < -0.4 is 10.1 Å². The average Bonchev–Trinajstić information content (AvgIpc) is 2.77. The number of benzene rings is 2. The Kier molecular flexibility index (Phi) is 11.0. The van der Waals surface area contributed by atoms with Gasteiger partial charge in [-0.05, 0) is 49.9 Å². The predicted molar refractivity (Wildman–Crippen MR) is 134 cm³/mol. The number of piperidine rings is 1. The Morgan fingerprint density at radius 1 is 1.00 bits per heavy atom. The molecular formula is C24H34IN3O2. The van der Waals surface area contributed by atoms with Gasteiger partial charge in [0.1, 0.15) is 12.4 Å². The smallest absolute Gasteiger partial charge is 0.194 e. The summed E-state index contributed by atoms with van der Waals surface area (Å²) in [4.78, 5) is 7.20. The Hall–Kier alpha value is -1.80. The molecule has 30 heavy (non-hydrogen) atoms. The van der Waals surface area contributed by atoms with Crippen LogP contribution >= 0.6 is 24.0 Å². The molecule has 0 spiro atoms. The second-order valence-corrected chi connectivity index (χ2v) is 7.23. The first-order chi connectivity index (χ1) is 14.3. The topological polar surface area (TPSA) is 46.1 Å². The number of nitrogens with one attached hydrogen (secondary N) is 1. The van der Waals surface area contributed by atoms with Crippen molar-refractivity contribution in [1.82, 2.24) is 10.2 Å². The summed E-state index contributed by atoms with van der Waals surface area (Å²) in [7, 11) is 0. The second-order valence-electron chi connectivity index (χ2n) is 7.23. The number of hydrogen-bond acceptors (Lipinski definition) is 3. The van der Waals surface area contributed by atoms with Crippen LogP contribution in [0.15, 0.2) is 59.6 Å². The second kappa shape index (κ2) is 13.5. The fraction of sp³-hybridized carbons (Fsp3) is 0.458. The fourth-order valence-electron chi connectivity index (χ4n) is 3.49. The molecule has 5 nitrogen and oxygen atoms in total. The number of halogens is 1. The minimum Gasteiger partial charge on any atom is -0.489 e. The van der Waals surface area contributed by atoms with Crippen molar-refractivity contribution in [3.8, 4) is 5.75 Å².